The number of hydrogen-bond donors (Lipinski definition) is 1. The van der Waals surface area contributed by atoms with Gasteiger partial charge in [0.25, 0.3) is 0 Å². The Labute approximate surface area is 110 Å². The lowest BCUT2D eigenvalue weighted by Crippen LogP contribution is -2.02. The molecule has 0 bridgehead atoms. The van der Waals surface area contributed by atoms with Crippen LogP contribution < -0.4 is 0 Å². The van der Waals surface area contributed by atoms with Gasteiger partial charge < -0.3 is 9.52 Å². The van der Waals surface area contributed by atoms with E-state index >= 15 is 0 Å². The Morgan fingerprint density at radius 1 is 1.00 bits per heavy atom. The summed E-state index contributed by atoms with van der Waals surface area (Å²) in [6, 6.07) is 17.4. The summed E-state index contributed by atoms with van der Waals surface area (Å²) in [7, 11) is 0. The van der Waals surface area contributed by atoms with E-state index in [1.54, 1.807) is 0 Å². The van der Waals surface area contributed by atoms with Crippen molar-refractivity contribution in [2.75, 3.05) is 0 Å². The number of carbonyl (C=O) groups is 1. The highest BCUT2D eigenvalue weighted by atomic mass is 16.4. The standard InChI is InChI=1S/C16H12O3/c17-16(18)10-15-13(11-5-2-1-3-6-11)9-12-7-4-8-14(12)19-15/h1-9H,10H2,(H,17,18). The Bertz CT molecular complexity index is 682. The van der Waals surface area contributed by atoms with Gasteiger partial charge in [-0.25, -0.2) is 0 Å². The Morgan fingerprint density at radius 2 is 1.74 bits per heavy atom. The molecule has 3 heteroatoms. The predicted molar refractivity (Wildman–Crippen MR) is 72.1 cm³/mol. The zero-order valence-corrected chi connectivity index (χ0v) is 10.2. The number of benzene rings is 1. The third kappa shape index (κ3) is 2.22. The van der Waals surface area contributed by atoms with Gasteiger partial charge in [0.2, 0.25) is 0 Å². The van der Waals surface area contributed by atoms with Gasteiger partial charge >= 0.3 is 5.97 Å². The van der Waals surface area contributed by atoms with Gasteiger partial charge in [-0.1, -0.05) is 42.5 Å². The molecule has 1 aliphatic heterocycles. The van der Waals surface area contributed by atoms with Crippen molar-refractivity contribution in [3.63, 3.8) is 0 Å². The van der Waals surface area contributed by atoms with Crippen molar-refractivity contribution in [3.8, 4) is 22.5 Å². The molecule has 0 aromatic heterocycles. The first-order valence-electron chi connectivity index (χ1n) is 6.03. The van der Waals surface area contributed by atoms with Crippen molar-refractivity contribution in [2.24, 2.45) is 0 Å². The fourth-order valence-electron chi connectivity index (χ4n) is 2.18. The number of fused-ring (bicyclic) bond motifs is 1. The summed E-state index contributed by atoms with van der Waals surface area (Å²) in [5.41, 5.74) is 2.78. The van der Waals surface area contributed by atoms with Gasteiger partial charge in [-0.05, 0) is 17.7 Å². The van der Waals surface area contributed by atoms with Gasteiger partial charge in [0, 0.05) is 11.1 Å². The van der Waals surface area contributed by atoms with Crippen LogP contribution in [0.2, 0.25) is 0 Å². The van der Waals surface area contributed by atoms with Crippen LogP contribution in [-0.2, 0) is 11.2 Å². The molecule has 0 radical (unpaired) electrons. The number of carboxylic acids is 1. The number of aliphatic carboxylic acids is 1. The molecule has 1 aliphatic carbocycles. The summed E-state index contributed by atoms with van der Waals surface area (Å²) in [6.45, 7) is 0. The van der Waals surface area contributed by atoms with Gasteiger partial charge in [0.1, 0.15) is 17.9 Å². The third-order valence-electron chi connectivity index (χ3n) is 3.04. The molecule has 3 rings (SSSR count). The first-order valence-corrected chi connectivity index (χ1v) is 6.03. The molecular formula is C16H12O3. The molecule has 0 spiro atoms. The first-order chi connectivity index (χ1) is 9.24. The van der Waals surface area contributed by atoms with Crippen LogP contribution in [0.25, 0.3) is 22.5 Å². The maximum atomic E-state index is 11.0. The summed E-state index contributed by atoms with van der Waals surface area (Å²) < 4.78 is 5.72. The summed E-state index contributed by atoms with van der Waals surface area (Å²) in [5.74, 6) is 0.306. The second-order valence-corrected chi connectivity index (χ2v) is 4.37. The van der Waals surface area contributed by atoms with Gasteiger partial charge in [-0.2, -0.15) is 0 Å². The van der Waals surface area contributed by atoms with Gasteiger partial charge in [0.15, 0.2) is 0 Å². The highest BCUT2D eigenvalue weighted by Crippen LogP contribution is 2.33. The third-order valence-corrected chi connectivity index (χ3v) is 3.04. The Morgan fingerprint density at radius 3 is 2.47 bits per heavy atom. The van der Waals surface area contributed by atoms with Crippen LogP contribution in [0.15, 0.2) is 59.0 Å². The molecule has 2 aliphatic rings. The monoisotopic (exact) mass is 252 g/mol. The van der Waals surface area contributed by atoms with Crippen LogP contribution in [0, 0.1) is 0 Å². The van der Waals surface area contributed by atoms with E-state index in [4.69, 9.17) is 9.52 Å². The Hall–Kier alpha value is -2.55. The molecule has 3 nitrogen and oxygen atoms in total. The minimum absolute atomic E-state index is 0.120. The highest BCUT2D eigenvalue weighted by molar-refractivity contribution is 5.78. The average molecular weight is 252 g/mol. The summed E-state index contributed by atoms with van der Waals surface area (Å²) in [5, 5.41) is 9.00. The molecule has 0 fully saturated rings. The van der Waals surface area contributed by atoms with Gasteiger partial charge in [-0.3, -0.25) is 4.79 Å². The largest absolute Gasteiger partial charge is 0.481 e. The van der Waals surface area contributed by atoms with E-state index in [2.05, 4.69) is 0 Å². The van der Waals surface area contributed by atoms with Crippen LogP contribution in [0.3, 0.4) is 0 Å². The molecule has 0 atom stereocenters. The lowest BCUT2D eigenvalue weighted by Gasteiger charge is -2.10. The molecule has 1 aromatic rings. The molecule has 0 unspecified atom stereocenters. The number of carboxylic acid groups (broad SMARTS) is 1. The average Bonchev–Trinajstić information content (AvgIpc) is 2.85. The summed E-state index contributed by atoms with van der Waals surface area (Å²) >= 11 is 0. The van der Waals surface area contributed by atoms with E-state index in [-0.39, 0.29) is 6.42 Å². The maximum absolute atomic E-state index is 11.0. The van der Waals surface area contributed by atoms with E-state index in [1.165, 1.54) is 0 Å². The van der Waals surface area contributed by atoms with Crippen LogP contribution in [0.1, 0.15) is 5.76 Å². The Kier molecular flexibility index (Phi) is 2.80. The highest BCUT2D eigenvalue weighted by Gasteiger charge is 2.16. The molecule has 0 saturated carbocycles. The fraction of sp³-hybridized carbons (Fsp3) is 0.0625. The zero-order valence-electron chi connectivity index (χ0n) is 10.2. The molecular weight excluding hydrogens is 240 g/mol. The van der Waals surface area contributed by atoms with E-state index in [1.807, 2.05) is 54.6 Å². The summed E-state index contributed by atoms with van der Waals surface area (Å²) in [4.78, 5) is 11.0. The van der Waals surface area contributed by atoms with E-state index in [9.17, 15) is 4.79 Å². The minimum atomic E-state index is -0.896. The summed E-state index contributed by atoms with van der Waals surface area (Å²) in [6.07, 6.45) is -0.120. The molecule has 1 heterocycles. The van der Waals surface area contributed by atoms with Gasteiger partial charge in [-0.15, -0.1) is 0 Å². The van der Waals surface area contributed by atoms with Crippen LogP contribution in [0.4, 0.5) is 0 Å². The van der Waals surface area contributed by atoms with Gasteiger partial charge in [0.05, 0.1) is 0 Å². The normalized spacial score (nSPS) is 10.7. The smallest absolute Gasteiger partial charge is 0.311 e. The molecule has 19 heavy (non-hydrogen) atoms. The van der Waals surface area contributed by atoms with E-state index in [0.717, 1.165) is 22.5 Å². The van der Waals surface area contributed by atoms with Crippen LogP contribution >= 0.6 is 0 Å². The molecule has 0 amide bonds. The zero-order chi connectivity index (χ0) is 13.2. The molecule has 0 saturated heterocycles. The lowest BCUT2D eigenvalue weighted by molar-refractivity contribution is -0.136. The quantitative estimate of drug-likeness (QED) is 0.773. The molecule has 1 N–H and O–H groups in total. The van der Waals surface area contributed by atoms with Crippen molar-refractivity contribution in [3.05, 3.63) is 60.4 Å². The van der Waals surface area contributed by atoms with E-state index < -0.39 is 5.97 Å². The number of hydrogen-bond acceptors (Lipinski definition) is 2. The van der Waals surface area contributed by atoms with Crippen LogP contribution in [0.5, 0.6) is 0 Å². The van der Waals surface area contributed by atoms with Crippen molar-refractivity contribution >= 4 is 5.97 Å². The lowest BCUT2D eigenvalue weighted by atomic mass is 10.0. The molecule has 94 valence electrons. The molecule has 1 aromatic carbocycles. The SMILES string of the molecule is O=C(O)Cc1oc2cccc-2cc1-c1ccccc1. The first kappa shape index (κ1) is 11.5. The minimum Gasteiger partial charge on any atom is -0.481 e. The fourth-order valence-corrected chi connectivity index (χ4v) is 2.18. The maximum Gasteiger partial charge on any atom is 0.311 e. The Balaban J connectivity index is 2.20. The second-order valence-electron chi connectivity index (χ2n) is 4.37. The van der Waals surface area contributed by atoms with Crippen molar-refractivity contribution < 1.29 is 14.3 Å². The second kappa shape index (κ2) is 4.61. The van der Waals surface area contributed by atoms with Crippen molar-refractivity contribution in [1.29, 1.82) is 0 Å². The van der Waals surface area contributed by atoms with Crippen molar-refractivity contribution in [2.45, 2.75) is 6.42 Å². The van der Waals surface area contributed by atoms with Crippen LogP contribution in [-0.4, -0.2) is 11.1 Å². The van der Waals surface area contributed by atoms with E-state index in [0.29, 0.717) is 5.76 Å². The van der Waals surface area contributed by atoms with Crippen molar-refractivity contribution in [1.82, 2.24) is 0 Å². The topological polar surface area (TPSA) is 50.4 Å². The predicted octanol–water partition coefficient (Wildman–Crippen LogP) is 3.68. The number of rotatable bonds is 3.